The molecule has 0 spiro atoms. The number of rotatable bonds is 5. The molecule has 0 N–H and O–H groups in total. The molecule has 0 bridgehead atoms. The highest BCUT2D eigenvalue weighted by molar-refractivity contribution is 6.22. The first kappa shape index (κ1) is 29.0. The molecule has 2 aromatic heterocycles. The quantitative estimate of drug-likeness (QED) is 0.186. The van der Waals surface area contributed by atoms with Crippen molar-refractivity contribution < 1.29 is 4.42 Å². The minimum atomic E-state index is 0.605. The van der Waals surface area contributed by atoms with E-state index in [-0.39, 0.29) is 0 Å². The van der Waals surface area contributed by atoms with Crippen LogP contribution in [0.5, 0.6) is 0 Å². The lowest BCUT2D eigenvalue weighted by Crippen LogP contribution is -2.00. The third-order valence-electron chi connectivity index (χ3n) is 9.72. The van der Waals surface area contributed by atoms with E-state index in [0.29, 0.717) is 17.5 Å². The molecule has 0 saturated heterocycles. The molecular weight excluding hydrogens is 623 g/mol. The van der Waals surface area contributed by atoms with Gasteiger partial charge in [-0.15, -0.1) is 0 Å². The molecule has 0 aliphatic carbocycles. The van der Waals surface area contributed by atoms with Crippen LogP contribution in [0.2, 0.25) is 0 Å². The number of fused-ring (bicyclic) bond motifs is 6. The maximum Gasteiger partial charge on any atom is 0.164 e. The van der Waals surface area contributed by atoms with Crippen molar-refractivity contribution in [1.29, 1.82) is 0 Å². The molecule has 2 heterocycles. The molecule has 0 aliphatic rings. The third kappa shape index (κ3) is 5.13. The van der Waals surface area contributed by atoms with Crippen molar-refractivity contribution >= 4 is 43.5 Å². The Labute approximate surface area is 294 Å². The average Bonchev–Trinajstić information content (AvgIpc) is 3.59. The zero-order valence-corrected chi connectivity index (χ0v) is 27.5. The summed E-state index contributed by atoms with van der Waals surface area (Å²) in [5.74, 6) is 1.86. The maximum atomic E-state index is 6.68. The minimum Gasteiger partial charge on any atom is -0.456 e. The molecule has 0 amide bonds. The van der Waals surface area contributed by atoms with Gasteiger partial charge in [0.15, 0.2) is 17.5 Å². The van der Waals surface area contributed by atoms with Crippen LogP contribution in [0.1, 0.15) is 0 Å². The van der Waals surface area contributed by atoms with Crippen molar-refractivity contribution in [2.24, 2.45) is 0 Å². The molecule has 0 fully saturated rings. The van der Waals surface area contributed by atoms with E-state index in [2.05, 4.69) is 115 Å². The Bertz CT molecular complexity index is 2840. The molecule has 0 unspecified atom stereocenters. The summed E-state index contributed by atoms with van der Waals surface area (Å²) in [4.78, 5) is 15.0. The first-order valence-corrected chi connectivity index (χ1v) is 17.1. The molecule has 8 aromatic carbocycles. The Morgan fingerprint density at radius 2 is 0.843 bits per heavy atom. The number of hydrogen-bond acceptors (Lipinski definition) is 4. The van der Waals surface area contributed by atoms with Crippen LogP contribution in [0.4, 0.5) is 0 Å². The molecule has 0 saturated carbocycles. The summed E-state index contributed by atoms with van der Waals surface area (Å²) >= 11 is 0. The van der Waals surface area contributed by atoms with Crippen molar-refractivity contribution in [3.8, 4) is 56.4 Å². The zero-order valence-electron chi connectivity index (χ0n) is 27.5. The normalized spacial score (nSPS) is 11.5. The molecule has 0 radical (unpaired) electrons. The molecule has 10 rings (SSSR count). The monoisotopic (exact) mass is 651 g/mol. The lowest BCUT2D eigenvalue weighted by molar-refractivity contribution is 0.669. The number of benzene rings is 8. The second-order valence-electron chi connectivity index (χ2n) is 12.8. The predicted octanol–water partition coefficient (Wildman–Crippen LogP) is 12.4. The Hall–Kier alpha value is -6.91. The van der Waals surface area contributed by atoms with Gasteiger partial charge in [-0.1, -0.05) is 152 Å². The Morgan fingerprint density at radius 1 is 0.314 bits per heavy atom. The van der Waals surface area contributed by atoms with Gasteiger partial charge < -0.3 is 4.42 Å². The molecule has 238 valence electrons. The van der Waals surface area contributed by atoms with Crippen LogP contribution in [0.25, 0.3) is 99.9 Å². The molecule has 0 aliphatic heterocycles. The van der Waals surface area contributed by atoms with Gasteiger partial charge in [-0.2, -0.15) is 0 Å². The fraction of sp³-hybridized carbons (Fsp3) is 0. The SMILES string of the molecule is c1ccc(-c2nc(-c3ccccc3)nc(-c3cc4oc5cc(-c6ccc(-c7ccc8ccccc8c7)cc6)ccc5c4c4ccccc34)n2)cc1. The smallest absolute Gasteiger partial charge is 0.164 e. The minimum absolute atomic E-state index is 0.605. The number of nitrogens with zero attached hydrogens (tertiary/aromatic N) is 3. The Morgan fingerprint density at radius 3 is 1.53 bits per heavy atom. The fourth-order valence-corrected chi connectivity index (χ4v) is 7.16. The first-order valence-electron chi connectivity index (χ1n) is 17.1. The Balaban J connectivity index is 1.09. The third-order valence-corrected chi connectivity index (χ3v) is 9.72. The van der Waals surface area contributed by atoms with E-state index < -0.39 is 0 Å². The lowest BCUT2D eigenvalue weighted by atomic mass is 9.96. The van der Waals surface area contributed by atoms with E-state index >= 15 is 0 Å². The molecule has 4 nitrogen and oxygen atoms in total. The summed E-state index contributed by atoms with van der Waals surface area (Å²) in [6, 6.07) is 61.1. The first-order chi connectivity index (χ1) is 25.2. The van der Waals surface area contributed by atoms with Gasteiger partial charge in [0.1, 0.15) is 11.2 Å². The highest BCUT2D eigenvalue weighted by Gasteiger charge is 2.19. The van der Waals surface area contributed by atoms with Gasteiger partial charge in [0.2, 0.25) is 0 Å². The van der Waals surface area contributed by atoms with Crippen molar-refractivity contribution in [3.05, 3.63) is 176 Å². The zero-order chi connectivity index (χ0) is 33.7. The van der Waals surface area contributed by atoms with Crippen LogP contribution in [-0.2, 0) is 0 Å². The van der Waals surface area contributed by atoms with E-state index in [1.165, 1.54) is 21.9 Å². The highest BCUT2D eigenvalue weighted by Crippen LogP contribution is 2.41. The van der Waals surface area contributed by atoms with Crippen LogP contribution in [0.3, 0.4) is 0 Å². The van der Waals surface area contributed by atoms with Crippen LogP contribution >= 0.6 is 0 Å². The van der Waals surface area contributed by atoms with E-state index in [1.807, 2.05) is 60.7 Å². The second kappa shape index (κ2) is 11.9. The van der Waals surface area contributed by atoms with Crippen molar-refractivity contribution in [3.63, 3.8) is 0 Å². The lowest BCUT2D eigenvalue weighted by Gasteiger charge is -2.11. The molecule has 10 aromatic rings. The van der Waals surface area contributed by atoms with E-state index in [1.54, 1.807) is 0 Å². The molecule has 51 heavy (non-hydrogen) atoms. The van der Waals surface area contributed by atoms with E-state index in [9.17, 15) is 0 Å². The van der Waals surface area contributed by atoms with Crippen molar-refractivity contribution in [2.45, 2.75) is 0 Å². The van der Waals surface area contributed by atoms with Gasteiger partial charge >= 0.3 is 0 Å². The van der Waals surface area contributed by atoms with Gasteiger partial charge in [-0.3, -0.25) is 0 Å². The van der Waals surface area contributed by atoms with Gasteiger partial charge in [0.05, 0.1) is 0 Å². The summed E-state index contributed by atoms with van der Waals surface area (Å²) in [6.45, 7) is 0. The van der Waals surface area contributed by atoms with Gasteiger partial charge in [0.25, 0.3) is 0 Å². The summed E-state index contributed by atoms with van der Waals surface area (Å²) in [5.41, 5.74) is 9.06. The van der Waals surface area contributed by atoms with Crippen molar-refractivity contribution in [1.82, 2.24) is 15.0 Å². The number of aromatic nitrogens is 3. The summed E-state index contributed by atoms with van der Waals surface area (Å²) in [5, 5.41) is 6.82. The number of furan rings is 1. The van der Waals surface area contributed by atoms with Gasteiger partial charge in [0, 0.05) is 27.5 Å². The average molecular weight is 652 g/mol. The molecule has 0 atom stereocenters. The topological polar surface area (TPSA) is 51.8 Å². The Kier molecular flexibility index (Phi) is 6.78. The fourth-order valence-electron chi connectivity index (χ4n) is 7.16. The van der Waals surface area contributed by atoms with Gasteiger partial charge in [-0.05, 0) is 68.1 Å². The van der Waals surface area contributed by atoms with Crippen LogP contribution in [0, 0.1) is 0 Å². The maximum absolute atomic E-state index is 6.68. The standard InChI is InChI=1S/C47H29N3O/c1-3-12-33(13-4-1)45-48-46(34-14-5-2-6-15-34)50-47(49-45)41-29-43-44(39-18-10-9-17-38(39)41)40-26-25-37(28-42(40)51-43)32-21-19-31(20-22-32)36-24-23-30-11-7-8-16-35(30)27-36/h1-29H. The summed E-state index contributed by atoms with van der Waals surface area (Å²) < 4.78 is 6.68. The summed E-state index contributed by atoms with van der Waals surface area (Å²) in [6.07, 6.45) is 0. The summed E-state index contributed by atoms with van der Waals surface area (Å²) in [7, 11) is 0. The van der Waals surface area contributed by atoms with E-state index in [4.69, 9.17) is 19.4 Å². The van der Waals surface area contributed by atoms with Crippen LogP contribution < -0.4 is 0 Å². The van der Waals surface area contributed by atoms with Gasteiger partial charge in [-0.25, -0.2) is 15.0 Å². The predicted molar refractivity (Wildman–Crippen MR) is 209 cm³/mol. The largest absolute Gasteiger partial charge is 0.456 e. The second-order valence-corrected chi connectivity index (χ2v) is 12.8. The van der Waals surface area contributed by atoms with Crippen molar-refractivity contribution in [2.75, 3.05) is 0 Å². The van der Waals surface area contributed by atoms with Crippen LogP contribution in [0.15, 0.2) is 180 Å². The van der Waals surface area contributed by atoms with E-state index in [0.717, 1.165) is 60.5 Å². The molecule has 4 heteroatoms. The molecular formula is C47H29N3O. The number of hydrogen-bond donors (Lipinski definition) is 0. The van der Waals surface area contributed by atoms with Crippen LogP contribution in [-0.4, -0.2) is 15.0 Å². The highest BCUT2D eigenvalue weighted by atomic mass is 16.3.